The summed E-state index contributed by atoms with van der Waals surface area (Å²) in [5, 5.41) is 9.35. The summed E-state index contributed by atoms with van der Waals surface area (Å²) >= 11 is 6.29. The molecule has 180 valence electrons. The van der Waals surface area contributed by atoms with E-state index >= 15 is 0 Å². The van der Waals surface area contributed by atoms with Crippen molar-refractivity contribution in [2.45, 2.75) is 71.0 Å². The highest BCUT2D eigenvalue weighted by atomic mass is 35.5. The van der Waals surface area contributed by atoms with Crippen LogP contribution in [-0.4, -0.2) is 33.9 Å². The molecule has 1 aromatic heterocycles. The molecule has 2 heterocycles. The van der Waals surface area contributed by atoms with Crippen LogP contribution in [0.2, 0.25) is 5.02 Å². The summed E-state index contributed by atoms with van der Waals surface area (Å²) in [5.74, 6) is -0.00733. The number of hydrogen-bond acceptors (Lipinski definition) is 3. The minimum atomic E-state index is -0.0336. The lowest BCUT2D eigenvalue weighted by molar-refractivity contribution is 0.101. The second-order valence-corrected chi connectivity index (χ2v) is 10.1. The Morgan fingerprint density at radius 3 is 2.50 bits per heavy atom. The molecular formula is C28H35ClN4O. The second kappa shape index (κ2) is 10.7. The van der Waals surface area contributed by atoms with Crippen molar-refractivity contribution in [1.82, 2.24) is 9.47 Å². The van der Waals surface area contributed by atoms with E-state index < -0.39 is 0 Å². The molecule has 2 aromatic carbocycles. The van der Waals surface area contributed by atoms with Gasteiger partial charge in [0.2, 0.25) is 0 Å². The zero-order valence-corrected chi connectivity index (χ0v) is 20.9. The SMILES string of the molecule is C[C@@H]1CCC[C@H](C)N1CCCCCn1c(=O)c(-c2cccc(C(=N)N)c2)cc2ccc(Cl)cc21. The Hall–Kier alpha value is -2.63. The van der Waals surface area contributed by atoms with Crippen LogP contribution in [0.25, 0.3) is 22.0 Å². The first-order valence-corrected chi connectivity index (χ1v) is 12.8. The molecule has 1 aliphatic rings. The number of unbranched alkanes of at least 4 members (excludes halogenated alkanes) is 2. The molecule has 1 fully saturated rings. The summed E-state index contributed by atoms with van der Waals surface area (Å²) in [6, 6.07) is 16.3. The molecule has 34 heavy (non-hydrogen) atoms. The highest BCUT2D eigenvalue weighted by molar-refractivity contribution is 6.31. The Bertz CT molecular complexity index is 1220. The maximum Gasteiger partial charge on any atom is 0.258 e. The van der Waals surface area contributed by atoms with Gasteiger partial charge in [0.15, 0.2) is 0 Å². The summed E-state index contributed by atoms with van der Waals surface area (Å²) in [6.45, 7) is 6.47. The van der Waals surface area contributed by atoms with Crippen LogP contribution in [0.1, 0.15) is 57.9 Å². The first-order valence-electron chi connectivity index (χ1n) is 12.4. The molecule has 3 aromatic rings. The van der Waals surface area contributed by atoms with Crippen LogP contribution in [0.4, 0.5) is 0 Å². The lowest BCUT2D eigenvalue weighted by Gasteiger charge is -2.39. The van der Waals surface area contributed by atoms with Crippen molar-refractivity contribution < 1.29 is 0 Å². The van der Waals surface area contributed by atoms with Crippen molar-refractivity contribution in [3.8, 4) is 11.1 Å². The average molecular weight is 479 g/mol. The van der Waals surface area contributed by atoms with Gasteiger partial charge in [0.1, 0.15) is 5.84 Å². The molecule has 5 nitrogen and oxygen atoms in total. The highest BCUT2D eigenvalue weighted by Crippen LogP contribution is 2.26. The maximum absolute atomic E-state index is 13.6. The van der Waals surface area contributed by atoms with Gasteiger partial charge in [0, 0.05) is 34.8 Å². The van der Waals surface area contributed by atoms with Gasteiger partial charge in [-0.15, -0.1) is 0 Å². The minimum Gasteiger partial charge on any atom is -0.384 e. The first kappa shape index (κ1) is 24.5. The Morgan fingerprint density at radius 1 is 1.03 bits per heavy atom. The van der Waals surface area contributed by atoms with Crippen molar-refractivity contribution in [3.63, 3.8) is 0 Å². The lowest BCUT2D eigenvalue weighted by Crippen LogP contribution is -2.44. The maximum atomic E-state index is 13.6. The second-order valence-electron chi connectivity index (χ2n) is 9.64. The predicted molar refractivity (Wildman–Crippen MR) is 143 cm³/mol. The Kier molecular flexibility index (Phi) is 7.74. The number of nitrogens with one attached hydrogen (secondary N) is 1. The van der Waals surface area contributed by atoms with Gasteiger partial charge >= 0.3 is 0 Å². The molecular weight excluding hydrogens is 444 g/mol. The van der Waals surface area contributed by atoms with Crippen LogP contribution in [0, 0.1) is 5.41 Å². The molecule has 0 aliphatic carbocycles. The molecule has 0 amide bonds. The zero-order chi connectivity index (χ0) is 24.2. The third-order valence-electron chi connectivity index (χ3n) is 7.22. The van der Waals surface area contributed by atoms with Crippen LogP contribution < -0.4 is 11.3 Å². The van der Waals surface area contributed by atoms with Crippen LogP contribution in [0.5, 0.6) is 0 Å². The van der Waals surface area contributed by atoms with Gasteiger partial charge < -0.3 is 10.3 Å². The summed E-state index contributed by atoms with van der Waals surface area (Å²) < 4.78 is 1.86. The fourth-order valence-corrected chi connectivity index (χ4v) is 5.45. The number of amidine groups is 1. The standard InChI is InChI=1S/C28H35ClN4O/c1-19-8-6-9-20(2)32(19)14-4-3-5-15-33-26-18-24(29)13-12-22(26)17-25(28(33)34)21-10-7-11-23(16-21)27(30)31/h7,10-13,16-20H,3-6,8-9,14-15H2,1-2H3,(H3,30,31)/t19-,20+. The van der Waals surface area contributed by atoms with E-state index in [0.29, 0.717) is 34.8 Å². The minimum absolute atomic E-state index is 0.00733. The molecule has 0 unspecified atom stereocenters. The third-order valence-corrected chi connectivity index (χ3v) is 7.45. The number of aromatic nitrogens is 1. The van der Waals surface area contributed by atoms with E-state index in [1.54, 1.807) is 6.07 Å². The van der Waals surface area contributed by atoms with Gasteiger partial charge in [-0.3, -0.25) is 15.1 Å². The number of aryl methyl sites for hydroxylation is 1. The zero-order valence-electron chi connectivity index (χ0n) is 20.2. The number of halogens is 1. The van der Waals surface area contributed by atoms with Crippen LogP contribution in [0.3, 0.4) is 0 Å². The number of pyridine rings is 1. The van der Waals surface area contributed by atoms with Crippen LogP contribution in [-0.2, 0) is 6.54 Å². The molecule has 0 saturated carbocycles. The van der Waals surface area contributed by atoms with Gasteiger partial charge in [-0.1, -0.05) is 48.7 Å². The number of likely N-dealkylation sites (tertiary alicyclic amines) is 1. The van der Waals surface area contributed by atoms with Gasteiger partial charge in [-0.25, -0.2) is 0 Å². The largest absolute Gasteiger partial charge is 0.384 e. The number of nitrogens with two attached hydrogens (primary N) is 1. The molecule has 2 atom stereocenters. The molecule has 6 heteroatoms. The fourth-order valence-electron chi connectivity index (χ4n) is 5.28. The number of piperidine rings is 1. The molecule has 1 saturated heterocycles. The highest BCUT2D eigenvalue weighted by Gasteiger charge is 2.23. The summed E-state index contributed by atoms with van der Waals surface area (Å²) in [7, 11) is 0. The molecule has 1 aliphatic heterocycles. The molecule has 0 bridgehead atoms. The Balaban J connectivity index is 1.56. The summed E-state index contributed by atoms with van der Waals surface area (Å²) in [5.41, 5.74) is 8.52. The van der Waals surface area contributed by atoms with Crippen molar-refractivity contribution >= 4 is 28.3 Å². The van der Waals surface area contributed by atoms with E-state index in [1.807, 2.05) is 47.0 Å². The van der Waals surface area contributed by atoms with E-state index in [0.717, 1.165) is 42.3 Å². The first-order chi connectivity index (χ1) is 16.3. The third kappa shape index (κ3) is 5.37. The number of benzene rings is 2. The molecule has 4 rings (SSSR count). The lowest BCUT2D eigenvalue weighted by atomic mass is 9.97. The van der Waals surface area contributed by atoms with Crippen molar-refractivity contribution in [3.05, 3.63) is 69.5 Å². The van der Waals surface area contributed by atoms with Crippen molar-refractivity contribution in [2.75, 3.05) is 6.54 Å². The Morgan fingerprint density at radius 2 is 1.76 bits per heavy atom. The number of nitrogens with zero attached hydrogens (tertiary/aromatic N) is 2. The van der Waals surface area contributed by atoms with E-state index in [4.69, 9.17) is 22.7 Å². The average Bonchev–Trinajstić information content (AvgIpc) is 2.81. The van der Waals surface area contributed by atoms with Crippen molar-refractivity contribution in [1.29, 1.82) is 5.41 Å². The van der Waals surface area contributed by atoms with Gasteiger partial charge in [-0.2, -0.15) is 0 Å². The number of hydrogen-bond donors (Lipinski definition) is 2. The molecule has 0 spiro atoms. The quantitative estimate of drug-likeness (QED) is 0.235. The van der Waals surface area contributed by atoms with E-state index in [-0.39, 0.29) is 11.4 Å². The Labute approximate surface area is 207 Å². The number of nitrogen functional groups attached to an aromatic ring is 1. The topological polar surface area (TPSA) is 75.1 Å². The monoisotopic (exact) mass is 478 g/mol. The summed E-state index contributed by atoms with van der Waals surface area (Å²) in [4.78, 5) is 16.2. The van der Waals surface area contributed by atoms with E-state index in [2.05, 4.69) is 18.7 Å². The molecule has 3 N–H and O–H groups in total. The molecule has 0 radical (unpaired) electrons. The predicted octanol–water partition coefficient (Wildman–Crippen LogP) is 6.04. The number of fused-ring (bicyclic) bond motifs is 1. The van der Waals surface area contributed by atoms with Crippen LogP contribution in [0.15, 0.2) is 53.3 Å². The van der Waals surface area contributed by atoms with Crippen LogP contribution >= 0.6 is 11.6 Å². The van der Waals surface area contributed by atoms with Gasteiger partial charge in [0.25, 0.3) is 5.56 Å². The van der Waals surface area contributed by atoms with Gasteiger partial charge in [0.05, 0.1) is 5.52 Å². The van der Waals surface area contributed by atoms with Crippen molar-refractivity contribution in [2.24, 2.45) is 5.73 Å². The summed E-state index contributed by atoms with van der Waals surface area (Å²) in [6.07, 6.45) is 7.09. The normalized spacial score (nSPS) is 18.9. The number of rotatable bonds is 8. The smallest absolute Gasteiger partial charge is 0.258 e. The fraction of sp³-hybridized carbons (Fsp3) is 0.429. The van der Waals surface area contributed by atoms with E-state index in [1.165, 1.54) is 19.3 Å². The van der Waals surface area contributed by atoms with E-state index in [9.17, 15) is 4.79 Å². The van der Waals surface area contributed by atoms with Gasteiger partial charge in [-0.05, 0) is 81.3 Å².